The van der Waals surface area contributed by atoms with Crippen molar-refractivity contribution in [3.8, 4) is 0 Å². The Labute approximate surface area is 74.4 Å². The highest BCUT2D eigenvalue weighted by Gasteiger charge is 2.11. The zero-order valence-electron chi connectivity index (χ0n) is 7.92. The third-order valence-electron chi connectivity index (χ3n) is 1.83. The van der Waals surface area contributed by atoms with Gasteiger partial charge in [-0.25, -0.2) is 0 Å². The van der Waals surface area contributed by atoms with Crippen molar-refractivity contribution in [1.82, 2.24) is 4.90 Å². The lowest BCUT2D eigenvalue weighted by Crippen LogP contribution is -2.34. The number of aliphatic hydroxyl groups is 1. The fraction of sp³-hybridized carbons (Fsp3) is 0.778. The van der Waals surface area contributed by atoms with Crippen molar-refractivity contribution in [2.45, 2.75) is 38.8 Å². The lowest BCUT2D eigenvalue weighted by molar-refractivity contribution is -0.136. The van der Waals surface area contributed by atoms with Crippen LogP contribution in [0.5, 0.6) is 0 Å². The Morgan fingerprint density at radius 1 is 1.58 bits per heavy atom. The monoisotopic (exact) mass is 172 g/mol. The Kier molecular flexibility index (Phi) is 5.72. The summed E-state index contributed by atoms with van der Waals surface area (Å²) in [6, 6.07) is 0. The number of carbonyl (C=O) groups is 1. The molecule has 71 valence electrons. The number of unbranched alkanes of at least 4 members (excludes halogenated alkanes) is 2. The van der Waals surface area contributed by atoms with E-state index in [4.69, 9.17) is 5.11 Å². The van der Waals surface area contributed by atoms with Gasteiger partial charge in [0.15, 0.2) is 0 Å². The molecule has 0 heterocycles. The zero-order chi connectivity index (χ0) is 9.56. The van der Waals surface area contributed by atoms with Crippen LogP contribution in [0.2, 0.25) is 0 Å². The van der Waals surface area contributed by atoms with E-state index in [2.05, 4.69) is 13.8 Å². The number of hydrogen-bond acceptors (Lipinski definition) is 2. The molecule has 0 aromatic rings. The molecule has 0 spiro atoms. The van der Waals surface area contributed by atoms with Gasteiger partial charge >= 0.3 is 0 Å². The van der Waals surface area contributed by atoms with Crippen LogP contribution in [0.15, 0.2) is 0 Å². The van der Waals surface area contributed by atoms with E-state index in [1.54, 1.807) is 7.05 Å². The molecule has 0 saturated carbocycles. The molecule has 0 rings (SSSR count). The van der Waals surface area contributed by atoms with Gasteiger partial charge in [0.2, 0.25) is 5.91 Å². The first-order valence-corrected chi connectivity index (χ1v) is 4.36. The first kappa shape index (κ1) is 11.4. The van der Waals surface area contributed by atoms with E-state index in [9.17, 15) is 4.79 Å². The summed E-state index contributed by atoms with van der Waals surface area (Å²) in [4.78, 5) is 12.4. The van der Waals surface area contributed by atoms with Gasteiger partial charge in [0.25, 0.3) is 0 Å². The van der Waals surface area contributed by atoms with Gasteiger partial charge in [0, 0.05) is 13.5 Å². The highest BCUT2D eigenvalue weighted by atomic mass is 16.3. The van der Waals surface area contributed by atoms with E-state index in [1.807, 2.05) is 0 Å². The predicted molar refractivity (Wildman–Crippen MR) is 48.3 cm³/mol. The molecule has 3 nitrogen and oxygen atoms in total. The molecular weight excluding hydrogens is 154 g/mol. The Morgan fingerprint density at radius 2 is 2.17 bits per heavy atom. The van der Waals surface area contributed by atoms with Crippen molar-refractivity contribution in [2.75, 3.05) is 7.05 Å². The summed E-state index contributed by atoms with van der Waals surface area (Å²) in [6.07, 6.45) is 2.65. The number of nitrogens with zero attached hydrogens (tertiary/aromatic N) is 1. The summed E-state index contributed by atoms with van der Waals surface area (Å²) < 4.78 is 0. The van der Waals surface area contributed by atoms with E-state index < -0.39 is 6.23 Å². The van der Waals surface area contributed by atoms with Crippen LogP contribution in [-0.2, 0) is 4.79 Å². The fourth-order valence-corrected chi connectivity index (χ4v) is 0.869. The first-order chi connectivity index (χ1) is 5.59. The number of hydrogen-bond donors (Lipinski definition) is 1. The van der Waals surface area contributed by atoms with Crippen LogP contribution in [0.4, 0.5) is 0 Å². The molecule has 0 saturated heterocycles. The summed E-state index contributed by atoms with van der Waals surface area (Å²) in [7, 11) is 1.56. The van der Waals surface area contributed by atoms with E-state index in [-0.39, 0.29) is 5.91 Å². The second-order valence-electron chi connectivity index (χ2n) is 2.94. The molecule has 1 N–H and O–H groups in total. The molecule has 1 amide bonds. The maximum Gasteiger partial charge on any atom is 0.224 e. The van der Waals surface area contributed by atoms with E-state index in [0.29, 0.717) is 6.42 Å². The molecule has 1 atom stereocenters. The van der Waals surface area contributed by atoms with Gasteiger partial charge < -0.3 is 10.0 Å². The smallest absolute Gasteiger partial charge is 0.224 e. The van der Waals surface area contributed by atoms with Crippen LogP contribution in [0, 0.1) is 6.92 Å². The minimum absolute atomic E-state index is 0.0362. The average molecular weight is 172 g/mol. The van der Waals surface area contributed by atoms with Crippen molar-refractivity contribution in [3.05, 3.63) is 6.92 Å². The number of carbonyl (C=O) groups excluding carboxylic acids is 1. The van der Waals surface area contributed by atoms with E-state index >= 15 is 0 Å². The van der Waals surface area contributed by atoms with Crippen molar-refractivity contribution >= 4 is 5.91 Å². The quantitative estimate of drug-likeness (QED) is 0.499. The average Bonchev–Trinajstić information content (AvgIpc) is 2.03. The number of amides is 1. The van der Waals surface area contributed by atoms with Crippen molar-refractivity contribution in [2.24, 2.45) is 0 Å². The Hall–Kier alpha value is -0.570. The molecule has 0 aliphatic carbocycles. The summed E-state index contributed by atoms with van der Waals surface area (Å²) in [5.74, 6) is -0.0362. The molecule has 0 aromatic heterocycles. The summed E-state index contributed by atoms with van der Waals surface area (Å²) in [6.45, 7) is 5.44. The predicted octanol–water partition coefficient (Wildman–Crippen LogP) is 1.18. The van der Waals surface area contributed by atoms with E-state index in [0.717, 1.165) is 19.3 Å². The van der Waals surface area contributed by atoms with Crippen molar-refractivity contribution < 1.29 is 9.90 Å². The van der Waals surface area contributed by atoms with Gasteiger partial charge in [-0.1, -0.05) is 19.8 Å². The van der Waals surface area contributed by atoms with Crippen LogP contribution in [-0.4, -0.2) is 29.2 Å². The van der Waals surface area contributed by atoms with Gasteiger partial charge in [0.05, 0.1) is 0 Å². The SMILES string of the molecule is [CH2]C(O)N(C)C(=O)CCCCC. The Morgan fingerprint density at radius 3 is 2.58 bits per heavy atom. The van der Waals surface area contributed by atoms with Gasteiger partial charge in [-0.2, -0.15) is 0 Å². The number of aliphatic hydroxyl groups excluding tert-OH is 1. The zero-order valence-corrected chi connectivity index (χ0v) is 7.92. The maximum atomic E-state index is 11.2. The standard InChI is InChI=1S/C9H18NO2/c1-4-5-6-7-9(12)10(3)8(2)11/h8,11H,2,4-7H2,1,3H3. The largest absolute Gasteiger partial charge is 0.374 e. The fourth-order valence-electron chi connectivity index (χ4n) is 0.869. The third-order valence-corrected chi connectivity index (χ3v) is 1.83. The number of rotatable bonds is 5. The lowest BCUT2D eigenvalue weighted by Gasteiger charge is -2.19. The molecule has 0 fully saturated rings. The van der Waals surface area contributed by atoms with Crippen molar-refractivity contribution in [1.29, 1.82) is 0 Å². The molecule has 0 aliphatic heterocycles. The first-order valence-electron chi connectivity index (χ1n) is 4.36. The molecule has 0 bridgehead atoms. The second-order valence-corrected chi connectivity index (χ2v) is 2.94. The molecular formula is C9H18NO2. The topological polar surface area (TPSA) is 40.5 Å². The highest BCUT2D eigenvalue weighted by molar-refractivity contribution is 5.76. The van der Waals surface area contributed by atoms with Crippen LogP contribution in [0.3, 0.4) is 0 Å². The lowest BCUT2D eigenvalue weighted by atomic mass is 10.2. The minimum atomic E-state index is -0.917. The summed E-state index contributed by atoms with van der Waals surface area (Å²) in [5, 5.41) is 8.94. The molecule has 0 aromatic carbocycles. The molecule has 0 aliphatic rings. The second kappa shape index (κ2) is 6.00. The minimum Gasteiger partial charge on any atom is -0.374 e. The van der Waals surface area contributed by atoms with Gasteiger partial charge in [-0.05, 0) is 13.3 Å². The van der Waals surface area contributed by atoms with Crippen LogP contribution < -0.4 is 0 Å². The summed E-state index contributed by atoms with van der Waals surface area (Å²) >= 11 is 0. The van der Waals surface area contributed by atoms with Gasteiger partial charge in [0.1, 0.15) is 6.23 Å². The van der Waals surface area contributed by atoms with Crippen molar-refractivity contribution in [3.63, 3.8) is 0 Å². The van der Waals surface area contributed by atoms with Crippen LogP contribution in [0.1, 0.15) is 32.6 Å². The maximum absolute atomic E-state index is 11.2. The van der Waals surface area contributed by atoms with Crippen LogP contribution >= 0.6 is 0 Å². The molecule has 1 radical (unpaired) electrons. The molecule has 3 heteroatoms. The van der Waals surface area contributed by atoms with Gasteiger partial charge in [-0.3, -0.25) is 4.79 Å². The highest BCUT2D eigenvalue weighted by Crippen LogP contribution is 2.03. The normalized spacial score (nSPS) is 12.7. The molecule has 1 unspecified atom stereocenters. The third kappa shape index (κ3) is 4.34. The van der Waals surface area contributed by atoms with E-state index in [1.165, 1.54) is 4.90 Å². The Balaban J connectivity index is 3.57. The van der Waals surface area contributed by atoms with Crippen LogP contribution in [0.25, 0.3) is 0 Å². The summed E-state index contributed by atoms with van der Waals surface area (Å²) in [5.41, 5.74) is 0. The molecule has 12 heavy (non-hydrogen) atoms. The van der Waals surface area contributed by atoms with Gasteiger partial charge in [-0.15, -0.1) is 0 Å². The Bertz CT molecular complexity index is 134.